The molecule has 4 nitrogen and oxygen atoms in total. The SMILES string of the molecule is Cc1cc2cccnc2cc1N=C(N)N. The fourth-order valence-corrected chi connectivity index (χ4v) is 1.48. The van der Waals surface area contributed by atoms with Crippen molar-refractivity contribution in [3.05, 3.63) is 36.0 Å². The molecule has 76 valence electrons. The number of guanidine groups is 1. The number of hydrogen-bond acceptors (Lipinski definition) is 2. The Morgan fingerprint density at radius 3 is 2.87 bits per heavy atom. The van der Waals surface area contributed by atoms with Crippen molar-refractivity contribution in [2.75, 3.05) is 0 Å². The summed E-state index contributed by atoms with van der Waals surface area (Å²) in [4.78, 5) is 8.28. The minimum atomic E-state index is 0.0633. The molecule has 15 heavy (non-hydrogen) atoms. The van der Waals surface area contributed by atoms with Gasteiger partial charge in [-0.05, 0) is 30.7 Å². The number of hydrogen-bond donors (Lipinski definition) is 2. The normalized spacial score (nSPS) is 10.2. The number of pyridine rings is 1. The molecule has 0 aliphatic heterocycles. The third-order valence-corrected chi connectivity index (χ3v) is 2.17. The molecule has 4 N–H and O–H groups in total. The summed E-state index contributed by atoms with van der Waals surface area (Å²) < 4.78 is 0. The Kier molecular flexibility index (Phi) is 2.25. The molecule has 2 aromatic rings. The van der Waals surface area contributed by atoms with E-state index in [1.165, 1.54) is 0 Å². The summed E-state index contributed by atoms with van der Waals surface area (Å²) in [5.74, 6) is 0.0633. The first-order chi connectivity index (χ1) is 7.16. The third-order valence-electron chi connectivity index (χ3n) is 2.17. The molecule has 0 aliphatic carbocycles. The quantitative estimate of drug-likeness (QED) is 0.540. The molecule has 0 atom stereocenters. The molecule has 0 unspecified atom stereocenters. The minimum absolute atomic E-state index is 0.0633. The Morgan fingerprint density at radius 2 is 2.13 bits per heavy atom. The Morgan fingerprint density at radius 1 is 1.33 bits per heavy atom. The topological polar surface area (TPSA) is 77.3 Å². The lowest BCUT2D eigenvalue weighted by Crippen LogP contribution is -2.22. The molecule has 0 saturated carbocycles. The lowest BCUT2D eigenvalue weighted by atomic mass is 10.1. The van der Waals surface area contributed by atoms with Crippen LogP contribution in [0.15, 0.2) is 35.5 Å². The van der Waals surface area contributed by atoms with Crippen molar-refractivity contribution in [3.8, 4) is 0 Å². The fourth-order valence-electron chi connectivity index (χ4n) is 1.48. The van der Waals surface area contributed by atoms with Crippen molar-refractivity contribution in [2.45, 2.75) is 6.92 Å². The van der Waals surface area contributed by atoms with E-state index in [9.17, 15) is 0 Å². The highest BCUT2D eigenvalue weighted by atomic mass is 15.0. The number of aryl methyl sites for hydroxylation is 1. The molecule has 0 fully saturated rings. The number of fused-ring (bicyclic) bond motifs is 1. The van der Waals surface area contributed by atoms with Gasteiger partial charge in [-0.1, -0.05) is 6.07 Å². The molecule has 0 saturated heterocycles. The molecule has 4 heteroatoms. The number of nitrogens with two attached hydrogens (primary N) is 2. The summed E-state index contributed by atoms with van der Waals surface area (Å²) in [6, 6.07) is 7.81. The van der Waals surface area contributed by atoms with Gasteiger partial charge in [0, 0.05) is 11.6 Å². The average Bonchev–Trinajstić information content (AvgIpc) is 2.18. The number of rotatable bonds is 1. The van der Waals surface area contributed by atoms with Gasteiger partial charge in [-0.2, -0.15) is 0 Å². The van der Waals surface area contributed by atoms with Gasteiger partial charge in [-0.3, -0.25) is 4.98 Å². The summed E-state index contributed by atoms with van der Waals surface area (Å²) in [5.41, 5.74) is 13.4. The van der Waals surface area contributed by atoms with E-state index >= 15 is 0 Å². The molecule has 1 heterocycles. The van der Waals surface area contributed by atoms with Crippen LogP contribution in [-0.4, -0.2) is 10.9 Å². The van der Waals surface area contributed by atoms with E-state index in [0.29, 0.717) is 0 Å². The second kappa shape index (κ2) is 3.57. The maximum absolute atomic E-state index is 5.34. The molecule has 0 bridgehead atoms. The monoisotopic (exact) mass is 200 g/mol. The molecule has 0 aliphatic rings. The van der Waals surface area contributed by atoms with Crippen LogP contribution in [0.4, 0.5) is 5.69 Å². The molecular formula is C11H12N4. The van der Waals surface area contributed by atoms with Gasteiger partial charge in [0.2, 0.25) is 0 Å². The van der Waals surface area contributed by atoms with Gasteiger partial charge < -0.3 is 11.5 Å². The molecule has 1 aromatic carbocycles. The summed E-state index contributed by atoms with van der Waals surface area (Å²) in [6.45, 7) is 1.97. The van der Waals surface area contributed by atoms with Crippen molar-refractivity contribution in [1.29, 1.82) is 0 Å². The average molecular weight is 200 g/mol. The Balaban J connectivity index is 2.67. The van der Waals surface area contributed by atoms with Crippen LogP contribution < -0.4 is 11.5 Å². The highest BCUT2D eigenvalue weighted by Gasteiger charge is 2.00. The van der Waals surface area contributed by atoms with Gasteiger partial charge >= 0.3 is 0 Å². The van der Waals surface area contributed by atoms with E-state index in [-0.39, 0.29) is 5.96 Å². The van der Waals surface area contributed by atoms with Crippen LogP contribution in [0.5, 0.6) is 0 Å². The molecule has 0 spiro atoms. The smallest absolute Gasteiger partial charge is 0.191 e. The van der Waals surface area contributed by atoms with Crippen LogP contribution in [0.25, 0.3) is 10.9 Å². The molecule has 0 radical (unpaired) electrons. The lowest BCUT2D eigenvalue weighted by Gasteiger charge is -2.03. The van der Waals surface area contributed by atoms with Gasteiger partial charge in [0.05, 0.1) is 11.2 Å². The van der Waals surface area contributed by atoms with Crippen LogP contribution in [0.3, 0.4) is 0 Å². The largest absolute Gasteiger partial charge is 0.370 e. The van der Waals surface area contributed by atoms with Crippen LogP contribution in [0, 0.1) is 6.92 Å². The molecule has 1 aromatic heterocycles. The van der Waals surface area contributed by atoms with Crippen LogP contribution >= 0.6 is 0 Å². The summed E-state index contributed by atoms with van der Waals surface area (Å²) in [6.07, 6.45) is 1.75. The number of nitrogens with zero attached hydrogens (tertiary/aromatic N) is 2. The van der Waals surface area contributed by atoms with Gasteiger partial charge in [0.1, 0.15) is 0 Å². The van der Waals surface area contributed by atoms with Crippen molar-refractivity contribution < 1.29 is 0 Å². The summed E-state index contributed by atoms with van der Waals surface area (Å²) in [5, 5.41) is 1.09. The predicted molar refractivity (Wildman–Crippen MR) is 61.9 cm³/mol. The first-order valence-electron chi connectivity index (χ1n) is 4.62. The van der Waals surface area contributed by atoms with E-state index in [0.717, 1.165) is 22.2 Å². The van der Waals surface area contributed by atoms with Gasteiger partial charge in [-0.25, -0.2) is 4.99 Å². The highest BCUT2D eigenvalue weighted by molar-refractivity contribution is 5.86. The number of aromatic nitrogens is 1. The zero-order chi connectivity index (χ0) is 10.8. The van der Waals surface area contributed by atoms with Crippen molar-refractivity contribution in [1.82, 2.24) is 4.98 Å². The summed E-state index contributed by atoms with van der Waals surface area (Å²) >= 11 is 0. The second-order valence-electron chi connectivity index (χ2n) is 3.37. The second-order valence-corrected chi connectivity index (χ2v) is 3.37. The molecule has 0 amide bonds. The highest BCUT2D eigenvalue weighted by Crippen LogP contribution is 2.23. The van der Waals surface area contributed by atoms with Gasteiger partial charge in [-0.15, -0.1) is 0 Å². The predicted octanol–water partition coefficient (Wildman–Crippen LogP) is 1.45. The van der Waals surface area contributed by atoms with Crippen LogP contribution in [-0.2, 0) is 0 Å². The Bertz CT molecular complexity index is 527. The summed E-state index contributed by atoms with van der Waals surface area (Å²) in [7, 11) is 0. The van der Waals surface area contributed by atoms with Crippen molar-refractivity contribution >= 4 is 22.5 Å². The van der Waals surface area contributed by atoms with Gasteiger partial charge in [0.25, 0.3) is 0 Å². The Labute approximate surface area is 87.6 Å². The maximum Gasteiger partial charge on any atom is 0.191 e. The van der Waals surface area contributed by atoms with Crippen LogP contribution in [0.2, 0.25) is 0 Å². The zero-order valence-electron chi connectivity index (χ0n) is 8.44. The molecule has 2 rings (SSSR count). The van der Waals surface area contributed by atoms with Crippen molar-refractivity contribution in [2.24, 2.45) is 16.5 Å². The lowest BCUT2D eigenvalue weighted by molar-refractivity contribution is 1.35. The maximum atomic E-state index is 5.34. The standard InChI is InChI=1S/C11H12N4/c1-7-5-8-3-2-4-14-10(8)6-9(7)15-11(12)13/h2-6H,1H3,(H4,12,13,15). The van der Waals surface area contributed by atoms with Crippen molar-refractivity contribution in [3.63, 3.8) is 0 Å². The number of aliphatic imine (C=N–C) groups is 1. The minimum Gasteiger partial charge on any atom is -0.370 e. The zero-order valence-corrected chi connectivity index (χ0v) is 8.44. The van der Waals surface area contributed by atoms with E-state index < -0.39 is 0 Å². The van der Waals surface area contributed by atoms with Gasteiger partial charge in [0.15, 0.2) is 5.96 Å². The third kappa shape index (κ3) is 1.88. The van der Waals surface area contributed by atoms with E-state index in [2.05, 4.69) is 9.98 Å². The fraction of sp³-hybridized carbons (Fsp3) is 0.0909. The molecular weight excluding hydrogens is 188 g/mol. The number of benzene rings is 1. The Hall–Kier alpha value is -2.10. The van der Waals surface area contributed by atoms with E-state index in [1.54, 1.807) is 6.20 Å². The van der Waals surface area contributed by atoms with E-state index in [1.807, 2.05) is 31.2 Å². The van der Waals surface area contributed by atoms with Crippen LogP contribution in [0.1, 0.15) is 5.56 Å². The first kappa shape index (κ1) is 9.45. The van der Waals surface area contributed by atoms with E-state index in [4.69, 9.17) is 11.5 Å². The first-order valence-corrected chi connectivity index (χ1v) is 4.62.